The van der Waals surface area contributed by atoms with Crippen molar-refractivity contribution in [1.82, 2.24) is 5.32 Å². The van der Waals surface area contributed by atoms with E-state index in [0.717, 1.165) is 16.9 Å². The standard InChI is InChI=1S/C16H18ClNO2/c1-11(13-5-3-4-6-16(13)20-2)18-10-12-7-8-15(19)14(17)9-12/h3-9,11,18-19H,10H2,1-2H3/t11-/m1/s1. The van der Waals surface area contributed by atoms with Crippen molar-refractivity contribution in [2.75, 3.05) is 7.11 Å². The summed E-state index contributed by atoms with van der Waals surface area (Å²) in [5.74, 6) is 0.976. The second-order valence-electron chi connectivity index (χ2n) is 4.63. The average molecular weight is 292 g/mol. The molecule has 0 aliphatic rings. The van der Waals surface area contributed by atoms with Crippen LogP contribution in [-0.2, 0) is 6.54 Å². The minimum atomic E-state index is 0.105. The predicted molar refractivity (Wildman–Crippen MR) is 81.4 cm³/mol. The highest BCUT2D eigenvalue weighted by Crippen LogP contribution is 2.26. The Morgan fingerprint density at radius 3 is 2.70 bits per heavy atom. The molecule has 0 heterocycles. The van der Waals surface area contributed by atoms with Crippen molar-refractivity contribution in [3.8, 4) is 11.5 Å². The zero-order valence-corrected chi connectivity index (χ0v) is 12.3. The van der Waals surface area contributed by atoms with E-state index in [1.54, 1.807) is 19.2 Å². The third-order valence-corrected chi connectivity index (χ3v) is 3.53. The number of hydrogen-bond donors (Lipinski definition) is 2. The number of benzene rings is 2. The lowest BCUT2D eigenvalue weighted by atomic mass is 10.1. The van der Waals surface area contributed by atoms with Gasteiger partial charge >= 0.3 is 0 Å². The van der Waals surface area contributed by atoms with Gasteiger partial charge in [0.1, 0.15) is 11.5 Å². The fraction of sp³-hybridized carbons (Fsp3) is 0.250. The van der Waals surface area contributed by atoms with E-state index in [4.69, 9.17) is 16.3 Å². The maximum atomic E-state index is 9.40. The largest absolute Gasteiger partial charge is 0.506 e. The summed E-state index contributed by atoms with van der Waals surface area (Å²) in [6.45, 7) is 2.75. The third kappa shape index (κ3) is 3.44. The van der Waals surface area contributed by atoms with E-state index in [2.05, 4.69) is 12.2 Å². The van der Waals surface area contributed by atoms with Crippen LogP contribution in [0.1, 0.15) is 24.1 Å². The minimum absolute atomic E-state index is 0.105. The molecule has 2 aromatic carbocycles. The first-order valence-electron chi connectivity index (χ1n) is 6.45. The molecular formula is C16H18ClNO2. The lowest BCUT2D eigenvalue weighted by Crippen LogP contribution is -2.18. The van der Waals surface area contributed by atoms with Crippen LogP contribution < -0.4 is 10.1 Å². The zero-order chi connectivity index (χ0) is 14.5. The molecule has 3 nitrogen and oxygen atoms in total. The summed E-state index contributed by atoms with van der Waals surface area (Å²) in [7, 11) is 1.67. The quantitative estimate of drug-likeness (QED) is 0.878. The summed E-state index contributed by atoms with van der Waals surface area (Å²) in [5, 5.41) is 13.2. The molecule has 0 bridgehead atoms. The van der Waals surface area contributed by atoms with Crippen molar-refractivity contribution in [1.29, 1.82) is 0 Å². The average Bonchev–Trinajstić information content (AvgIpc) is 2.48. The maximum absolute atomic E-state index is 9.40. The van der Waals surface area contributed by atoms with Gasteiger partial charge in [-0.2, -0.15) is 0 Å². The molecule has 0 aliphatic carbocycles. The summed E-state index contributed by atoms with van der Waals surface area (Å²) in [5.41, 5.74) is 2.13. The van der Waals surface area contributed by atoms with Gasteiger partial charge in [-0.25, -0.2) is 0 Å². The minimum Gasteiger partial charge on any atom is -0.506 e. The monoisotopic (exact) mass is 291 g/mol. The van der Waals surface area contributed by atoms with Gasteiger partial charge in [0.15, 0.2) is 0 Å². The summed E-state index contributed by atoms with van der Waals surface area (Å²) in [6.07, 6.45) is 0. The SMILES string of the molecule is COc1ccccc1[C@@H](C)NCc1ccc(O)c(Cl)c1. The van der Waals surface area contributed by atoms with Crippen LogP contribution in [0.15, 0.2) is 42.5 Å². The van der Waals surface area contributed by atoms with Crippen LogP contribution in [0.2, 0.25) is 5.02 Å². The molecule has 0 aromatic heterocycles. The molecule has 4 heteroatoms. The number of nitrogens with one attached hydrogen (secondary N) is 1. The van der Waals surface area contributed by atoms with E-state index in [0.29, 0.717) is 11.6 Å². The molecule has 1 atom stereocenters. The van der Waals surface area contributed by atoms with Gasteiger partial charge in [-0.3, -0.25) is 0 Å². The molecule has 0 saturated carbocycles. The molecule has 20 heavy (non-hydrogen) atoms. The van der Waals surface area contributed by atoms with Crippen molar-refractivity contribution in [2.24, 2.45) is 0 Å². The number of hydrogen-bond acceptors (Lipinski definition) is 3. The van der Waals surface area contributed by atoms with Gasteiger partial charge in [-0.1, -0.05) is 35.9 Å². The summed E-state index contributed by atoms with van der Waals surface area (Å²) in [6, 6.07) is 13.3. The normalized spacial score (nSPS) is 12.2. The molecule has 0 saturated heterocycles. The molecular weight excluding hydrogens is 274 g/mol. The molecule has 2 N–H and O–H groups in total. The Kier molecular flexibility index (Phi) is 4.88. The number of phenolic OH excluding ortho intramolecular Hbond substituents is 1. The van der Waals surface area contributed by atoms with E-state index < -0.39 is 0 Å². The van der Waals surface area contributed by atoms with Crippen molar-refractivity contribution in [2.45, 2.75) is 19.5 Å². The van der Waals surface area contributed by atoms with E-state index in [1.807, 2.05) is 30.3 Å². The Bertz CT molecular complexity index is 586. The first-order chi connectivity index (χ1) is 9.61. The number of methoxy groups -OCH3 is 1. The molecule has 0 fully saturated rings. The van der Waals surface area contributed by atoms with Crippen LogP contribution in [0.25, 0.3) is 0 Å². The van der Waals surface area contributed by atoms with Crippen LogP contribution in [0.4, 0.5) is 0 Å². The first kappa shape index (κ1) is 14.7. The summed E-state index contributed by atoms with van der Waals surface area (Å²) >= 11 is 5.90. The topological polar surface area (TPSA) is 41.5 Å². The summed E-state index contributed by atoms with van der Waals surface area (Å²) < 4.78 is 5.36. The molecule has 0 radical (unpaired) electrons. The van der Waals surface area contributed by atoms with Gasteiger partial charge in [0.05, 0.1) is 12.1 Å². The van der Waals surface area contributed by atoms with Crippen molar-refractivity contribution < 1.29 is 9.84 Å². The second-order valence-corrected chi connectivity index (χ2v) is 5.04. The highest BCUT2D eigenvalue weighted by molar-refractivity contribution is 6.32. The first-order valence-corrected chi connectivity index (χ1v) is 6.83. The van der Waals surface area contributed by atoms with Crippen molar-refractivity contribution in [3.63, 3.8) is 0 Å². The molecule has 0 aliphatic heterocycles. The third-order valence-electron chi connectivity index (χ3n) is 3.23. The van der Waals surface area contributed by atoms with Crippen LogP contribution in [0, 0.1) is 0 Å². The smallest absolute Gasteiger partial charge is 0.134 e. The Labute approximate surface area is 124 Å². The molecule has 0 unspecified atom stereocenters. The Hall–Kier alpha value is -1.71. The van der Waals surface area contributed by atoms with Crippen LogP contribution in [-0.4, -0.2) is 12.2 Å². The molecule has 0 amide bonds. The van der Waals surface area contributed by atoms with Crippen molar-refractivity contribution >= 4 is 11.6 Å². The lowest BCUT2D eigenvalue weighted by molar-refractivity contribution is 0.401. The number of aromatic hydroxyl groups is 1. The van der Waals surface area contributed by atoms with Gasteiger partial charge in [-0.05, 0) is 30.7 Å². The number of halogens is 1. The Balaban J connectivity index is 2.04. The van der Waals surface area contributed by atoms with E-state index in [1.165, 1.54) is 0 Å². The maximum Gasteiger partial charge on any atom is 0.134 e. The van der Waals surface area contributed by atoms with Crippen LogP contribution in [0.5, 0.6) is 11.5 Å². The lowest BCUT2D eigenvalue weighted by Gasteiger charge is -2.17. The number of rotatable bonds is 5. The fourth-order valence-corrected chi connectivity index (χ4v) is 2.27. The predicted octanol–water partition coefficient (Wildman–Crippen LogP) is 3.91. The number of ether oxygens (including phenoxy) is 1. The Morgan fingerprint density at radius 2 is 2.00 bits per heavy atom. The Morgan fingerprint density at radius 1 is 1.25 bits per heavy atom. The molecule has 106 valence electrons. The van der Waals surface area contributed by atoms with Gasteiger partial charge in [0.25, 0.3) is 0 Å². The second kappa shape index (κ2) is 6.64. The van der Waals surface area contributed by atoms with Crippen molar-refractivity contribution in [3.05, 3.63) is 58.6 Å². The van der Waals surface area contributed by atoms with Gasteiger partial charge in [0, 0.05) is 18.2 Å². The number of phenols is 1. The summed E-state index contributed by atoms with van der Waals surface area (Å²) in [4.78, 5) is 0. The molecule has 0 spiro atoms. The fourth-order valence-electron chi connectivity index (χ4n) is 2.07. The molecule has 2 rings (SSSR count). The van der Waals surface area contributed by atoms with Gasteiger partial charge in [-0.15, -0.1) is 0 Å². The zero-order valence-electron chi connectivity index (χ0n) is 11.6. The van der Waals surface area contributed by atoms with Gasteiger partial charge < -0.3 is 15.2 Å². The van der Waals surface area contributed by atoms with Crippen LogP contribution in [0.3, 0.4) is 0 Å². The van der Waals surface area contributed by atoms with E-state index in [-0.39, 0.29) is 11.8 Å². The highest BCUT2D eigenvalue weighted by atomic mass is 35.5. The highest BCUT2D eigenvalue weighted by Gasteiger charge is 2.10. The molecule has 2 aromatic rings. The van der Waals surface area contributed by atoms with Gasteiger partial charge in [0.2, 0.25) is 0 Å². The number of para-hydroxylation sites is 1. The van der Waals surface area contributed by atoms with E-state index in [9.17, 15) is 5.11 Å². The van der Waals surface area contributed by atoms with Crippen LogP contribution >= 0.6 is 11.6 Å². The van der Waals surface area contributed by atoms with E-state index >= 15 is 0 Å².